The van der Waals surface area contributed by atoms with Crippen LogP contribution < -0.4 is 4.90 Å². The molecule has 1 N–H and O–H groups in total. The molecule has 0 aliphatic heterocycles. The first-order chi connectivity index (χ1) is 9.49. The van der Waals surface area contributed by atoms with Crippen molar-refractivity contribution in [3.8, 4) is 0 Å². The molecule has 0 atom stereocenters. The van der Waals surface area contributed by atoms with Crippen molar-refractivity contribution in [1.82, 2.24) is 0 Å². The molecule has 0 spiro atoms. The van der Waals surface area contributed by atoms with Gasteiger partial charge in [0, 0.05) is 18.7 Å². The topological polar surface area (TPSA) is 57.6 Å². The number of nitrogens with zero attached hydrogens (tertiary/aromatic N) is 1. The Balaban J connectivity index is 2.00. The Bertz CT molecular complexity index is 510. The molecule has 1 amide bonds. The summed E-state index contributed by atoms with van der Waals surface area (Å²) in [6.07, 6.45) is 2.22. The summed E-state index contributed by atoms with van der Waals surface area (Å²) in [7, 11) is 1.63. The second-order valence-corrected chi connectivity index (χ2v) is 5.26. The summed E-state index contributed by atoms with van der Waals surface area (Å²) >= 11 is 0. The lowest BCUT2D eigenvalue weighted by Gasteiger charge is -2.29. The van der Waals surface area contributed by atoms with Gasteiger partial charge in [0.1, 0.15) is 5.82 Å². The number of halogens is 1. The minimum Gasteiger partial charge on any atom is -0.481 e. The molecule has 1 aliphatic carbocycles. The zero-order valence-corrected chi connectivity index (χ0v) is 11.4. The average molecular weight is 279 g/mol. The standard InChI is InChI=1S/C15H18FNO3/c1-17(13-4-2-3-12(16)9-13)14(18)10-5-7-11(8-6-10)15(19)20/h2-4,9-11H,5-8H2,1H3,(H,19,20). The third-order valence-corrected chi connectivity index (χ3v) is 3.95. The SMILES string of the molecule is CN(C(=O)C1CCC(C(=O)O)CC1)c1cccc(F)c1. The number of hydrogen-bond acceptors (Lipinski definition) is 2. The number of carboxylic acid groups (broad SMARTS) is 1. The molecule has 0 bridgehead atoms. The van der Waals surface area contributed by atoms with E-state index in [4.69, 9.17) is 5.11 Å². The van der Waals surface area contributed by atoms with Crippen molar-refractivity contribution in [3.63, 3.8) is 0 Å². The molecule has 1 aliphatic rings. The van der Waals surface area contributed by atoms with E-state index < -0.39 is 5.97 Å². The Kier molecular flexibility index (Phi) is 4.37. The van der Waals surface area contributed by atoms with Crippen LogP contribution in [0.3, 0.4) is 0 Å². The van der Waals surface area contributed by atoms with Crippen molar-refractivity contribution < 1.29 is 19.1 Å². The van der Waals surface area contributed by atoms with Gasteiger partial charge in [-0.3, -0.25) is 9.59 Å². The minimum absolute atomic E-state index is 0.0700. The molecule has 2 rings (SSSR count). The molecular weight excluding hydrogens is 261 g/mol. The summed E-state index contributed by atoms with van der Waals surface area (Å²) in [4.78, 5) is 24.7. The molecule has 0 unspecified atom stereocenters. The Labute approximate surface area is 117 Å². The lowest BCUT2D eigenvalue weighted by Crippen LogP contribution is -2.36. The van der Waals surface area contributed by atoms with Crippen molar-refractivity contribution in [3.05, 3.63) is 30.1 Å². The summed E-state index contributed by atoms with van der Waals surface area (Å²) in [5.41, 5.74) is 0.523. The first kappa shape index (κ1) is 14.5. The summed E-state index contributed by atoms with van der Waals surface area (Å²) in [5.74, 6) is -1.73. The number of anilines is 1. The first-order valence-electron chi connectivity index (χ1n) is 6.75. The van der Waals surface area contributed by atoms with Gasteiger partial charge in [-0.2, -0.15) is 0 Å². The van der Waals surface area contributed by atoms with E-state index in [0.717, 1.165) is 0 Å². The highest BCUT2D eigenvalue weighted by Crippen LogP contribution is 2.31. The van der Waals surface area contributed by atoms with E-state index in [0.29, 0.717) is 31.4 Å². The quantitative estimate of drug-likeness (QED) is 0.925. The maximum absolute atomic E-state index is 13.2. The second kappa shape index (κ2) is 6.03. The summed E-state index contributed by atoms with van der Waals surface area (Å²) in [5, 5.41) is 8.94. The number of carbonyl (C=O) groups is 2. The van der Waals surface area contributed by atoms with Crippen LogP contribution in [0.15, 0.2) is 24.3 Å². The Morgan fingerprint density at radius 1 is 1.20 bits per heavy atom. The Morgan fingerprint density at radius 3 is 2.35 bits per heavy atom. The molecule has 0 aromatic heterocycles. The lowest BCUT2D eigenvalue weighted by molar-refractivity contribution is -0.143. The van der Waals surface area contributed by atoms with E-state index in [1.54, 1.807) is 19.2 Å². The number of rotatable bonds is 3. The van der Waals surface area contributed by atoms with Gasteiger partial charge in [0.15, 0.2) is 0 Å². The summed E-state index contributed by atoms with van der Waals surface area (Å²) in [6, 6.07) is 5.90. The van der Waals surface area contributed by atoms with Gasteiger partial charge in [0.2, 0.25) is 5.91 Å². The molecule has 1 aromatic rings. The number of aliphatic carboxylic acids is 1. The fraction of sp³-hybridized carbons (Fsp3) is 0.467. The zero-order valence-electron chi connectivity index (χ0n) is 11.4. The smallest absolute Gasteiger partial charge is 0.306 e. The largest absolute Gasteiger partial charge is 0.481 e. The second-order valence-electron chi connectivity index (χ2n) is 5.26. The molecule has 0 heterocycles. The van der Waals surface area contributed by atoms with E-state index in [9.17, 15) is 14.0 Å². The molecule has 20 heavy (non-hydrogen) atoms. The number of hydrogen-bond donors (Lipinski definition) is 1. The number of amides is 1. The van der Waals surface area contributed by atoms with Gasteiger partial charge in [0.05, 0.1) is 5.92 Å². The van der Waals surface area contributed by atoms with Crippen LogP contribution >= 0.6 is 0 Å². The van der Waals surface area contributed by atoms with Crippen molar-refractivity contribution in [2.45, 2.75) is 25.7 Å². The van der Waals surface area contributed by atoms with Crippen LogP contribution in [0, 0.1) is 17.7 Å². The van der Waals surface area contributed by atoms with Crippen molar-refractivity contribution in [1.29, 1.82) is 0 Å². The van der Waals surface area contributed by atoms with Gasteiger partial charge in [-0.1, -0.05) is 6.07 Å². The highest BCUT2D eigenvalue weighted by atomic mass is 19.1. The Morgan fingerprint density at radius 2 is 1.80 bits per heavy atom. The first-order valence-corrected chi connectivity index (χ1v) is 6.75. The van der Waals surface area contributed by atoms with Gasteiger partial charge >= 0.3 is 5.97 Å². The molecule has 4 nitrogen and oxygen atoms in total. The van der Waals surface area contributed by atoms with E-state index >= 15 is 0 Å². The third kappa shape index (κ3) is 3.15. The fourth-order valence-electron chi connectivity index (χ4n) is 2.67. The van der Waals surface area contributed by atoms with Crippen molar-refractivity contribution >= 4 is 17.6 Å². The highest BCUT2D eigenvalue weighted by Gasteiger charge is 2.31. The summed E-state index contributed by atoms with van der Waals surface area (Å²) < 4.78 is 13.2. The predicted molar refractivity (Wildman–Crippen MR) is 72.9 cm³/mol. The van der Waals surface area contributed by atoms with E-state index in [-0.39, 0.29) is 23.6 Å². The van der Waals surface area contributed by atoms with Crippen LogP contribution in [0.1, 0.15) is 25.7 Å². The minimum atomic E-state index is -0.783. The molecule has 1 aromatic carbocycles. The maximum Gasteiger partial charge on any atom is 0.306 e. The van der Waals surface area contributed by atoms with Crippen LogP contribution in [-0.4, -0.2) is 24.0 Å². The molecule has 108 valence electrons. The Hall–Kier alpha value is -1.91. The van der Waals surface area contributed by atoms with Crippen LogP contribution in [-0.2, 0) is 9.59 Å². The van der Waals surface area contributed by atoms with Crippen LogP contribution in [0.4, 0.5) is 10.1 Å². The van der Waals surface area contributed by atoms with Crippen LogP contribution in [0.2, 0.25) is 0 Å². The molecule has 1 saturated carbocycles. The number of carboxylic acids is 1. The van der Waals surface area contributed by atoms with Gasteiger partial charge in [-0.15, -0.1) is 0 Å². The van der Waals surface area contributed by atoms with Crippen molar-refractivity contribution in [2.75, 3.05) is 11.9 Å². The maximum atomic E-state index is 13.2. The van der Waals surface area contributed by atoms with E-state index in [1.807, 2.05) is 0 Å². The molecule has 5 heteroatoms. The summed E-state index contributed by atoms with van der Waals surface area (Å²) in [6.45, 7) is 0. The van der Waals surface area contributed by atoms with E-state index in [1.165, 1.54) is 17.0 Å². The number of benzene rings is 1. The molecule has 1 fully saturated rings. The predicted octanol–water partition coefficient (Wildman–Crippen LogP) is 2.68. The van der Waals surface area contributed by atoms with Crippen LogP contribution in [0.25, 0.3) is 0 Å². The van der Waals surface area contributed by atoms with Crippen LogP contribution in [0.5, 0.6) is 0 Å². The fourth-order valence-corrected chi connectivity index (χ4v) is 2.67. The van der Waals surface area contributed by atoms with E-state index in [2.05, 4.69) is 0 Å². The highest BCUT2D eigenvalue weighted by molar-refractivity contribution is 5.94. The average Bonchev–Trinajstić information content (AvgIpc) is 2.46. The molecular formula is C15H18FNO3. The lowest BCUT2D eigenvalue weighted by atomic mass is 9.81. The third-order valence-electron chi connectivity index (χ3n) is 3.95. The van der Waals surface area contributed by atoms with Gasteiger partial charge < -0.3 is 10.0 Å². The normalized spacial score (nSPS) is 22.3. The van der Waals surface area contributed by atoms with Gasteiger partial charge in [-0.25, -0.2) is 4.39 Å². The van der Waals surface area contributed by atoms with Gasteiger partial charge in [-0.05, 0) is 43.9 Å². The van der Waals surface area contributed by atoms with Crippen molar-refractivity contribution in [2.24, 2.45) is 11.8 Å². The monoisotopic (exact) mass is 279 g/mol. The molecule has 0 radical (unpaired) electrons. The zero-order chi connectivity index (χ0) is 14.7. The van der Waals surface area contributed by atoms with Gasteiger partial charge in [0.25, 0.3) is 0 Å². The molecule has 0 saturated heterocycles. The number of carbonyl (C=O) groups excluding carboxylic acids is 1.